The molecule has 1 fully saturated rings. The molecule has 0 saturated heterocycles. The van der Waals surface area contributed by atoms with Crippen molar-refractivity contribution in [1.29, 1.82) is 0 Å². The molecular weight excluding hydrogens is 264 g/mol. The number of methoxy groups -OCH3 is 2. The van der Waals surface area contributed by atoms with Crippen LogP contribution in [-0.4, -0.2) is 46.6 Å². The summed E-state index contributed by atoms with van der Waals surface area (Å²) in [5, 5.41) is 3.40. The van der Waals surface area contributed by atoms with Crippen molar-refractivity contribution >= 4 is 5.69 Å². The summed E-state index contributed by atoms with van der Waals surface area (Å²) in [6.07, 6.45) is 2.62. The molecule has 21 heavy (non-hydrogen) atoms. The van der Waals surface area contributed by atoms with Gasteiger partial charge >= 0.3 is 0 Å². The molecule has 2 rings (SSSR count). The molecule has 0 amide bonds. The van der Waals surface area contributed by atoms with Gasteiger partial charge in [-0.2, -0.15) is 0 Å². The van der Waals surface area contributed by atoms with Crippen molar-refractivity contribution in [1.82, 2.24) is 5.32 Å². The van der Waals surface area contributed by atoms with Crippen molar-refractivity contribution in [2.24, 2.45) is 0 Å². The second kappa shape index (κ2) is 8.37. The van der Waals surface area contributed by atoms with Crippen molar-refractivity contribution in [3.8, 4) is 0 Å². The van der Waals surface area contributed by atoms with E-state index in [0.717, 1.165) is 32.8 Å². The molecule has 0 heterocycles. The molecule has 0 atom stereocenters. The van der Waals surface area contributed by atoms with E-state index in [4.69, 9.17) is 9.47 Å². The number of benzene rings is 1. The number of hydrogen-bond donors (Lipinski definition) is 1. The Morgan fingerprint density at radius 3 is 2.57 bits per heavy atom. The highest BCUT2D eigenvalue weighted by Gasteiger charge is 2.29. The maximum atomic E-state index is 5.24. The lowest BCUT2D eigenvalue weighted by molar-refractivity contribution is 0.199. The van der Waals surface area contributed by atoms with Gasteiger partial charge in [-0.05, 0) is 43.0 Å². The lowest BCUT2D eigenvalue weighted by Gasteiger charge is -2.25. The summed E-state index contributed by atoms with van der Waals surface area (Å²) in [6.45, 7) is 6.50. The average molecular weight is 292 g/mol. The van der Waals surface area contributed by atoms with E-state index in [1.54, 1.807) is 14.2 Å². The number of nitrogens with one attached hydrogen (secondary N) is 1. The number of anilines is 1. The van der Waals surface area contributed by atoms with E-state index in [0.29, 0.717) is 6.04 Å². The summed E-state index contributed by atoms with van der Waals surface area (Å²) in [7, 11) is 3.50. The fourth-order valence-corrected chi connectivity index (χ4v) is 2.55. The van der Waals surface area contributed by atoms with E-state index in [-0.39, 0.29) is 0 Å². The molecule has 0 aromatic heterocycles. The second-order valence-electron chi connectivity index (χ2n) is 5.70. The first-order valence-corrected chi connectivity index (χ1v) is 7.81. The van der Waals surface area contributed by atoms with E-state index >= 15 is 0 Å². The molecule has 1 aromatic rings. The fourth-order valence-electron chi connectivity index (χ4n) is 2.55. The van der Waals surface area contributed by atoms with Crippen LogP contribution in [0.5, 0.6) is 0 Å². The zero-order valence-corrected chi connectivity index (χ0v) is 13.5. The van der Waals surface area contributed by atoms with Crippen LogP contribution in [0.4, 0.5) is 5.69 Å². The highest BCUT2D eigenvalue weighted by Crippen LogP contribution is 2.32. The van der Waals surface area contributed by atoms with Crippen LogP contribution in [0.1, 0.15) is 24.0 Å². The van der Waals surface area contributed by atoms with Gasteiger partial charge in [-0.3, -0.25) is 0 Å². The number of rotatable bonds is 10. The minimum Gasteiger partial charge on any atom is -0.383 e. The molecule has 1 N–H and O–H groups in total. The number of nitrogens with zero attached hydrogens (tertiary/aromatic N) is 1. The van der Waals surface area contributed by atoms with Crippen molar-refractivity contribution in [2.45, 2.75) is 32.4 Å². The number of ether oxygens (including phenoxy) is 2. The summed E-state index contributed by atoms with van der Waals surface area (Å²) in [5.41, 5.74) is 4.03. The number of aryl methyl sites for hydroxylation is 1. The third kappa shape index (κ3) is 4.99. The average Bonchev–Trinajstić information content (AvgIpc) is 3.30. The predicted molar refractivity (Wildman–Crippen MR) is 87.0 cm³/mol. The van der Waals surface area contributed by atoms with Gasteiger partial charge in [-0.15, -0.1) is 0 Å². The monoisotopic (exact) mass is 292 g/mol. The summed E-state index contributed by atoms with van der Waals surface area (Å²) in [4.78, 5) is 2.48. The van der Waals surface area contributed by atoms with Crippen LogP contribution < -0.4 is 10.2 Å². The second-order valence-corrected chi connectivity index (χ2v) is 5.70. The standard InChI is InChI=1S/C17H28N2O2/c1-14-12-17(19(9-11-21-3)16-6-7-16)5-4-15(14)13-18-8-10-20-2/h4-5,12,16,18H,6-11,13H2,1-3H3. The van der Waals surface area contributed by atoms with Crippen LogP contribution in [-0.2, 0) is 16.0 Å². The Labute approximate surface area is 128 Å². The van der Waals surface area contributed by atoms with E-state index in [1.807, 2.05) is 0 Å². The lowest BCUT2D eigenvalue weighted by atomic mass is 10.1. The predicted octanol–water partition coefficient (Wildman–Crippen LogP) is 2.35. The lowest BCUT2D eigenvalue weighted by Crippen LogP contribution is -2.29. The van der Waals surface area contributed by atoms with Crippen molar-refractivity contribution in [3.63, 3.8) is 0 Å². The Balaban J connectivity index is 1.96. The number of hydrogen-bond acceptors (Lipinski definition) is 4. The van der Waals surface area contributed by atoms with E-state index in [9.17, 15) is 0 Å². The molecule has 0 bridgehead atoms. The van der Waals surface area contributed by atoms with E-state index < -0.39 is 0 Å². The summed E-state index contributed by atoms with van der Waals surface area (Å²) >= 11 is 0. The summed E-state index contributed by atoms with van der Waals surface area (Å²) in [6, 6.07) is 7.51. The van der Waals surface area contributed by atoms with E-state index in [2.05, 4.69) is 35.3 Å². The first-order chi connectivity index (χ1) is 10.3. The minimum atomic E-state index is 0.713. The maximum Gasteiger partial charge on any atom is 0.0637 e. The van der Waals surface area contributed by atoms with Crippen LogP contribution in [0.25, 0.3) is 0 Å². The molecule has 1 aliphatic rings. The van der Waals surface area contributed by atoms with Crippen LogP contribution in [0.2, 0.25) is 0 Å². The molecule has 1 aliphatic carbocycles. The SMILES string of the molecule is COCCNCc1ccc(N(CCOC)C2CC2)cc1C. The van der Waals surface area contributed by atoms with Gasteiger partial charge in [-0.1, -0.05) is 6.07 Å². The Morgan fingerprint density at radius 1 is 1.19 bits per heavy atom. The third-order valence-electron chi connectivity index (χ3n) is 3.98. The molecule has 0 aliphatic heterocycles. The molecule has 4 heteroatoms. The molecule has 1 aromatic carbocycles. The van der Waals surface area contributed by atoms with Gasteiger partial charge in [0.15, 0.2) is 0 Å². The fraction of sp³-hybridized carbons (Fsp3) is 0.647. The topological polar surface area (TPSA) is 33.7 Å². The first-order valence-electron chi connectivity index (χ1n) is 7.81. The molecule has 0 spiro atoms. The van der Waals surface area contributed by atoms with Gasteiger partial charge in [0.05, 0.1) is 13.2 Å². The quantitative estimate of drug-likeness (QED) is 0.671. The van der Waals surface area contributed by atoms with Crippen LogP contribution >= 0.6 is 0 Å². The Hall–Kier alpha value is -1.10. The summed E-state index contributed by atoms with van der Waals surface area (Å²) < 4.78 is 10.3. The van der Waals surface area contributed by atoms with Gasteiger partial charge in [0.2, 0.25) is 0 Å². The molecular formula is C17H28N2O2. The highest BCUT2D eigenvalue weighted by molar-refractivity contribution is 5.52. The molecule has 0 unspecified atom stereocenters. The zero-order chi connectivity index (χ0) is 15.1. The zero-order valence-electron chi connectivity index (χ0n) is 13.5. The van der Waals surface area contributed by atoms with Crippen molar-refractivity contribution in [2.75, 3.05) is 45.4 Å². The van der Waals surface area contributed by atoms with Gasteiger partial charge in [0, 0.05) is 45.6 Å². The molecule has 118 valence electrons. The van der Waals surface area contributed by atoms with Gasteiger partial charge in [0.1, 0.15) is 0 Å². The van der Waals surface area contributed by atoms with E-state index in [1.165, 1.54) is 29.7 Å². The first kappa shape index (κ1) is 16.3. The van der Waals surface area contributed by atoms with Gasteiger partial charge < -0.3 is 19.7 Å². The normalized spacial score (nSPS) is 14.4. The molecule has 0 radical (unpaired) electrons. The largest absolute Gasteiger partial charge is 0.383 e. The Kier molecular flexibility index (Phi) is 6.49. The van der Waals surface area contributed by atoms with Gasteiger partial charge in [-0.25, -0.2) is 0 Å². The van der Waals surface area contributed by atoms with Crippen LogP contribution in [0, 0.1) is 6.92 Å². The van der Waals surface area contributed by atoms with Crippen LogP contribution in [0.15, 0.2) is 18.2 Å². The highest BCUT2D eigenvalue weighted by atomic mass is 16.5. The summed E-state index contributed by atoms with van der Waals surface area (Å²) in [5.74, 6) is 0. The molecule has 1 saturated carbocycles. The molecule has 4 nitrogen and oxygen atoms in total. The Morgan fingerprint density at radius 2 is 1.95 bits per heavy atom. The Bertz CT molecular complexity index is 433. The minimum absolute atomic E-state index is 0.713. The smallest absolute Gasteiger partial charge is 0.0637 e. The third-order valence-corrected chi connectivity index (χ3v) is 3.98. The van der Waals surface area contributed by atoms with Gasteiger partial charge in [0.25, 0.3) is 0 Å². The maximum absolute atomic E-state index is 5.24. The van der Waals surface area contributed by atoms with Crippen molar-refractivity contribution in [3.05, 3.63) is 29.3 Å². The van der Waals surface area contributed by atoms with Crippen LogP contribution in [0.3, 0.4) is 0 Å². The van der Waals surface area contributed by atoms with Crippen molar-refractivity contribution < 1.29 is 9.47 Å².